The number of nitrogens with two attached hydrogens (primary N) is 1. The molecule has 2 atom stereocenters. The number of nitriles is 1. The summed E-state index contributed by atoms with van der Waals surface area (Å²) >= 11 is 0. The van der Waals surface area contributed by atoms with Crippen LogP contribution in [0.25, 0.3) is 0 Å². The Kier molecular flexibility index (Phi) is 4.91. The second-order valence-electron chi connectivity index (χ2n) is 7.59. The van der Waals surface area contributed by atoms with Gasteiger partial charge < -0.3 is 5.73 Å². The largest absolute Gasteiger partial charge is 0.383 e. The van der Waals surface area contributed by atoms with Crippen LogP contribution in [0.5, 0.6) is 0 Å². The number of carbonyl (C=O) groups excluding carboxylic acids is 1. The van der Waals surface area contributed by atoms with E-state index in [2.05, 4.69) is 23.2 Å². The molecule has 6 heteroatoms. The van der Waals surface area contributed by atoms with Gasteiger partial charge in [-0.25, -0.2) is 5.01 Å². The molecule has 2 heterocycles. The zero-order chi connectivity index (χ0) is 20.5. The maximum Gasteiger partial charge on any atom is 0.162 e. The second-order valence-corrected chi connectivity index (χ2v) is 7.59. The van der Waals surface area contributed by atoms with Gasteiger partial charge in [0, 0.05) is 44.2 Å². The van der Waals surface area contributed by atoms with Crippen molar-refractivity contribution < 1.29 is 4.79 Å². The van der Waals surface area contributed by atoms with Gasteiger partial charge in [0.15, 0.2) is 5.78 Å². The molecule has 0 saturated heterocycles. The van der Waals surface area contributed by atoms with Crippen LogP contribution < -0.4 is 5.73 Å². The van der Waals surface area contributed by atoms with E-state index in [0.29, 0.717) is 29.8 Å². The van der Waals surface area contributed by atoms with E-state index in [1.165, 1.54) is 0 Å². The summed E-state index contributed by atoms with van der Waals surface area (Å²) in [6, 6.07) is 16.1. The molecule has 2 aliphatic rings. The van der Waals surface area contributed by atoms with Gasteiger partial charge in [0.25, 0.3) is 0 Å². The Morgan fingerprint density at radius 2 is 1.86 bits per heavy atom. The third-order valence-electron chi connectivity index (χ3n) is 5.63. The van der Waals surface area contributed by atoms with E-state index < -0.39 is 5.92 Å². The molecule has 1 aromatic heterocycles. The van der Waals surface area contributed by atoms with Crippen LogP contribution in [0.2, 0.25) is 0 Å². The Morgan fingerprint density at radius 1 is 1.14 bits per heavy atom. The van der Waals surface area contributed by atoms with Crippen molar-refractivity contribution in [3.63, 3.8) is 0 Å². The molecule has 146 valence electrons. The summed E-state index contributed by atoms with van der Waals surface area (Å²) in [5.41, 5.74) is 10.3. The predicted molar refractivity (Wildman–Crippen MR) is 110 cm³/mol. The average molecular weight is 385 g/mol. The van der Waals surface area contributed by atoms with Crippen molar-refractivity contribution in [3.8, 4) is 6.07 Å². The number of hydrogen-bond donors (Lipinski definition) is 1. The van der Waals surface area contributed by atoms with Crippen molar-refractivity contribution in [1.82, 2.24) is 15.0 Å². The molecule has 1 aromatic carbocycles. The molecule has 29 heavy (non-hydrogen) atoms. The lowest BCUT2D eigenvalue weighted by Crippen LogP contribution is -2.46. The number of nitrogens with zero attached hydrogens (tertiary/aromatic N) is 4. The van der Waals surface area contributed by atoms with Gasteiger partial charge in [0.1, 0.15) is 5.82 Å². The lowest BCUT2D eigenvalue weighted by atomic mass is 9.72. The van der Waals surface area contributed by atoms with Gasteiger partial charge in [-0.3, -0.25) is 14.8 Å². The number of Topliss-reactive ketones (excluding diaryl/α,β-unsaturated/α-hetero) is 1. The van der Waals surface area contributed by atoms with E-state index in [0.717, 1.165) is 16.8 Å². The molecule has 0 radical (unpaired) electrons. The van der Waals surface area contributed by atoms with Crippen LogP contribution in [0, 0.1) is 11.3 Å². The highest BCUT2D eigenvalue weighted by molar-refractivity contribution is 6.00. The van der Waals surface area contributed by atoms with Crippen LogP contribution in [-0.2, 0) is 4.79 Å². The number of hydrogen-bond acceptors (Lipinski definition) is 6. The number of carbonyl (C=O) groups is 1. The predicted octanol–water partition coefficient (Wildman–Crippen LogP) is 3.05. The van der Waals surface area contributed by atoms with E-state index in [1.54, 1.807) is 12.4 Å². The quantitative estimate of drug-likeness (QED) is 0.874. The lowest BCUT2D eigenvalue weighted by molar-refractivity contribution is -0.117. The minimum Gasteiger partial charge on any atom is -0.383 e. The summed E-state index contributed by atoms with van der Waals surface area (Å²) in [5, 5.41) is 13.6. The van der Waals surface area contributed by atoms with Gasteiger partial charge in [0.05, 0.1) is 17.6 Å². The smallest absolute Gasteiger partial charge is 0.162 e. The van der Waals surface area contributed by atoms with Crippen LogP contribution >= 0.6 is 0 Å². The number of hydrazine groups is 1. The standard InChI is InChI=1S/C23H23N5O/c1-27(2)28-19-11-17(15-7-4-3-5-8-15)12-20(29)22(19)21(18(13-24)23(28)25)16-9-6-10-26-14-16/h3-10,14,17,21H,11-12,25H2,1-2H3/t17-,21+/m1/s1. The Bertz CT molecular complexity index is 1030. The highest BCUT2D eigenvalue weighted by Crippen LogP contribution is 2.47. The minimum absolute atomic E-state index is 0.0565. The number of aromatic nitrogens is 1. The van der Waals surface area contributed by atoms with Gasteiger partial charge in [-0.15, -0.1) is 0 Å². The van der Waals surface area contributed by atoms with E-state index in [1.807, 2.05) is 54.4 Å². The molecule has 1 aliphatic heterocycles. The Balaban J connectivity index is 1.89. The third-order valence-corrected chi connectivity index (χ3v) is 5.63. The molecule has 0 bridgehead atoms. The van der Waals surface area contributed by atoms with Crippen molar-refractivity contribution in [2.24, 2.45) is 5.73 Å². The van der Waals surface area contributed by atoms with Gasteiger partial charge in [-0.1, -0.05) is 36.4 Å². The SMILES string of the molecule is CN(C)N1C(N)=C(C#N)[C@H](c2cccnc2)C2=C1C[C@@H](c1ccccc1)CC2=O. The zero-order valence-electron chi connectivity index (χ0n) is 16.5. The van der Waals surface area contributed by atoms with Gasteiger partial charge in [0.2, 0.25) is 0 Å². The molecule has 0 fully saturated rings. The van der Waals surface area contributed by atoms with Crippen LogP contribution in [-0.4, -0.2) is 34.9 Å². The number of benzene rings is 1. The first-order valence-electron chi connectivity index (χ1n) is 9.61. The number of allylic oxidation sites excluding steroid dienone is 3. The third kappa shape index (κ3) is 3.20. The number of pyridine rings is 1. The topological polar surface area (TPSA) is 86.2 Å². The zero-order valence-corrected chi connectivity index (χ0v) is 16.5. The number of ketones is 1. The van der Waals surface area contributed by atoms with Crippen LogP contribution in [0.1, 0.15) is 35.8 Å². The maximum absolute atomic E-state index is 13.4. The first-order valence-corrected chi connectivity index (χ1v) is 9.61. The Labute approximate surface area is 170 Å². The maximum atomic E-state index is 13.4. The molecule has 6 nitrogen and oxygen atoms in total. The molecule has 2 N–H and O–H groups in total. The molecule has 0 spiro atoms. The van der Waals surface area contributed by atoms with Crippen molar-refractivity contribution in [1.29, 1.82) is 5.26 Å². The molecule has 0 unspecified atom stereocenters. The fourth-order valence-electron chi connectivity index (χ4n) is 4.41. The second kappa shape index (κ2) is 7.53. The van der Waals surface area contributed by atoms with Crippen molar-refractivity contribution in [3.05, 3.63) is 88.6 Å². The highest BCUT2D eigenvalue weighted by Gasteiger charge is 2.43. The van der Waals surface area contributed by atoms with Crippen LogP contribution in [0.15, 0.2) is 77.5 Å². The van der Waals surface area contributed by atoms with Crippen molar-refractivity contribution in [2.45, 2.75) is 24.7 Å². The fourth-order valence-corrected chi connectivity index (χ4v) is 4.41. The summed E-state index contributed by atoms with van der Waals surface area (Å²) in [6.45, 7) is 0. The molecular formula is C23H23N5O. The minimum atomic E-state index is -0.482. The summed E-state index contributed by atoms with van der Waals surface area (Å²) in [6.07, 6.45) is 4.49. The van der Waals surface area contributed by atoms with Crippen LogP contribution in [0.3, 0.4) is 0 Å². The van der Waals surface area contributed by atoms with Gasteiger partial charge in [-0.2, -0.15) is 5.26 Å². The van der Waals surface area contributed by atoms with Crippen molar-refractivity contribution >= 4 is 5.78 Å². The normalized spacial score (nSPS) is 22.0. The summed E-state index contributed by atoms with van der Waals surface area (Å²) in [7, 11) is 3.74. The Hall–Kier alpha value is -3.43. The average Bonchev–Trinajstić information content (AvgIpc) is 2.73. The Morgan fingerprint density at radius 3 is 2.48 bits per heavy atom. The molecule has 0 amide bonds. The molecule has 4 rings (SSSR count). The van der Waals surface area contributed by atoms with E-state index >= 15 is 0 Å². The first-order chi connectivity index (χ1) is 14.0. The van der Waals surface area contributed by atoms with E-state index in [9.17, 15) is 10.1 Å². The summed E-state index contributed by atoms with van der Waals surface area (Å²) in [5.74, 6) is 0.0210. The monoisotopic (exact) mass is 385 g/mol. The van der Waals surface area contributed by atoms with E-state index in [-0.39, 0.29) is 11.7 Å². The lowest BCUT2D eigenvalue weighted by Gasteiger charge is -2.43. The fraction of sp³-hybridized carbons (Fsp3) is 0.261. The number of rotatable bonds is 3. The van der Waals surface area contributed by atoms with E-state index in [4.69, 9.17) is 5.73 Å². The first kappa shape index (κ1) is 18.9. The van der Waals surface area contributed by atoms with Crippen molar-refractivity contribution in [2.75, 3.05) is 14.1 Å². The van der Waals surface area contributed by atoms with Crippen LogP contribution in [0.4, 0.5) is 0 Å². The molecule has 0 saturated carbocycles. The molecule has 1 aliphatic carbocycles. The van der Waals surface area contributed by atoms with Gasteiger partial charge in [-0.05, 0) is 29.5 Å². The van der Waals surface area contributed by atoms with Gasteiger partial charge >= 0.3 is 0 Å². The molecule has 2 aromatic rings. The molecular weight excluding hydrogens is 362 g/mol. The highest BCUT2D eigenvalue weighted by atomic mass is 16.1. The summed E-state index contributed by atoms with van der Waals surface area (Å²) in [4.78, 5) is 17.6. The summed E-state index contributed by atoms with van der Waals surface area (Å²) < 4.78 is 0.